The van der Waals surface area contributed by atoms with Gasteiger partial charge in [0.15, 0.2) is 6.10 Å². The van der Waals surface area contributed by atoms with Crippen LogP contribution in [0.25, 0.3) is 0 Å². The minimum absolute atomic E-state index is 0.0861. The van der Waals surface area contributed by atoms with E-state index in [1.54, 1.807) is 0 Å². The first kappa shape index (κ1) is 72.3. The zero-order valence-electron chi connectivity index (χ0n) is 50.0. The molecule has 0 amide bonds. The van der Waals surface area contributed by atoms with Gasteiger partial charge in [0.25, 0.3) is 0 Å². The molecule has 6 nitrogen and oxygen atoms in total. The molecule has 0 aromatic heterocycles. The van der Waals surface area contributed by atoms with Crippen LogP contribution in [0, 0.1) is 0 Å². The zero-order valence-corrected chi connectivity index (χ0v) is 50.0. The highest BCUT2D eigenvalue weighted by atomic mass is 16.6. The average molecular weight is 1060 g/mol. The van der Waals surface area contributed by atoms with Crippen molar-refractivity contribution in [3.8, 4) is 0 Å². The summed E-state index contributed by atoms with van der Waals surface area (Å²) >= 11 is 0. The monoisotopic (exact) mass is 1060 g/mol. The molecular weight excluding hydrogens is 937 g/mol. The maximum absolute atomic E-state index is 12.9. The Morgan fingerprint density at radius 3 is 0.803 bits per heavy atom. The molecule has 0 rings (SSSR count). The molecule has 0 bridgehead atoms. The summed E-state index contributed by atoms with van der Waals surface area (Å²) in [6.45, 7) is 6.49. The van der Waals surface area contributed by atoms with Crippen molar-refractivity contribution in [3.05, 3.63) is 97.2 Å². The number of esters is 3. The summed E-state index contributed by atoms with van der Waals surface area (Å²) in [5, 5.41) is 0. The second-order valence-electron chi connectivity index (χ2n) is 21.3. The van der Waals surface area contributed by atoms with Gasteiger partial charge < -0.3 is 14.2 Å². The number of hydrogen-bond acceptors (Lipinski definition) is 6. The molecule has 0 aliphatic rings. The van der Waals surface area contributed by atoms with Gasteiger partial charge in [-0.1, -0.05) is 285 Å². The van der Waals surface area contributed by atoms with E-state index in [0.717, 1.165) is 116 Å². The summed E-state index contributed by atoms with van der Waals surface area (Å²) in [5.74, 6) is -0.907. The van der Waals surface area contributed by atoms with Gasteiger partial charge in [-0.05, 0) is 103 Å². The van der Waals surface area contributed by atoms with Crippen LogP contribution in [0.2, 0.25) is 0 Å². The maximum atomic E-state index is 12.9. The molecule has 0 fully saturated rings. The van der Waals surface area contributed by atoms with E-state index in [1.165, 1.54) is 154 Å². The van der Waals surface area contributed by atoms with E-state index < -0.39 is 6.10 Å². The molecule has 6 heteroatoms. The van der Waals surface area contributed by atoms with Gasteiger partial charge in [0.05, 0.1) is 0 Å². The minimum atomic E-state index is -0.790. The highest BCUT2D eigenvalue weighted by Crippen LogP contribution is 2.16. The van der Waals surface area contributed by atoms with Gasteiger partial charge in [-0.3, -0.25) is 14.4 Å². The van der Waals surface area contributed by atoms with Crippen LogP contribution in [-0.4, -0.2) is 37.2 Å². The lowest BCUT2D eigenvalue weighted by molar-refractivity contribution is -0.167. The van der Waals surface area contributed by atoms with Gasteiger partial charge in [-0.2, -0.15) is 0 Å². The molecule has 0 spiro atoms. The van der Waals surface area contributed by atoms with Crippen molar-refractivity contribution in [2.24, 2.45) is 0 Å². The summed E-state index contributed by atoms with van der Waals surface area (Å²) in [4.78, 5) is 38.1. The van der Waals surface area contributed by atoms with Gasteiger partial charge >= 0.3 is 17.9 Å². The first-order valence-corrected chi connectivity index (χ1v) is 32.2. The normalized spacial score (nSPS) is 12.7. The van der Waals surface area contributed by atoms with Crippen molar-refractivity contribution in [2.45, 2.75) is 316 Å². The van der Waals surface area contributed by atoms with E-state index in [0.29, 0.717) is 19.3 Å². The Balaban J connectivity index is 4.21. The molecule has 0 heterocycles. The lowest BCUT2D eigenvalue weighted by atomic mass is 10.0. The number of ether oxygens (including phenoxy) is 3. The summed E-state index contributed by atoms with van der Waals surface area (Å²) in [5.41, 5.74) is 0. The average Bonchev–Trinajstić information content (AvgIpc) is 3.42. The highest BCUT2D eigenvalue weighted by Gasteiger charge is 2.19. The van der Waals surface area contributed by atoms with E-state index in [4.69, 9.17) is 14.2 Å². The molecule has 0 saturated carbocycles. The zero-order chi connectivity index (χ0) is 55.0. The van der Waals surface area contributed by atoms with Crippen LogP contribution < -0.4 is 0 Å². The van der Waals surface area contributed by atoms with Gasteiger partial charge in [0, 0.05) is 19.3 Å². The topological polar surface area (TPSA) is 78.9 Å². The van der Waals surface area contributed by atoms with E-state index >= 15 is 0 Å². The quantitative estimate of drug-likeness (QED) is 0.0261. The third-order valence-corrected chi connectivity index (χ3v) is 13.8. The molecule has 76 heavy (non-hydrogen) atoms. The number of carbonyl (C=O) groups excluding carboxylic acids is 3. The molecule has 0 aliphatic heterocycles. The highest BCUT2D eigenvalue weighted by molar-refractivity contribution is 5.71. The molecule has 0 saturated heterocycles. The fourth-order valence-corrected chi connectivity index (χ4v) is 9.01. The Hall–Kier alpha value is -3.67. The van der Waals surface area contributed by atoms with Crippen molar-refractivity contribution in [2.75, 3.05) is 13.2 Å². The number of carbonyl (C=O) groups is 3. The van der Waals surface area contributed by atoms with E-state index in [-0.39, 0.29) is 31.1 Å². The fraction of sp³-hybridized carbons (Fsp3) is 0.729. The van der Waals surface area contributed by atoms with Crippen molar-refractivity contribution in [1.82, 2.24) is 0 Å². The van der Waals surface area contributed by atoms with E-state index in [2.05, 4.69) is 118 Å². The number of hydrogen-bond donors (Lipinski definition) is 0. The van der Waals surface area contributed by atoms with Crippen molar-refractivity contribution >= 4 is 17.9 Å². The minimum Gasteiger partial charge on any atom is -0.462 e. The Morgan fingerprint density at radius 2 is 0.513 bits per heavy atom. The Morgan fingerprint density at radius 1 is 0.276 bits per heavy atom. The van der Waals surface area contributed by atoms with Crippen LogP contribution in [0.5, 0.6) is 0 Å². The van der Waals surface area contributed by atoms with Crippen LogP contribution in [0.1, 0.15) is 310 Å². The second kappa shape index (κ2) is 63.9. The van der Waals surface area contributed by atoms with Crippen LogP contribution in [-0.2, 0) is 28.6 Å². The predicted molar refractivity (Wildman–Crippen MR) is 330 cm³/mol. The Bertz CT molecular complexity index is 1490. The summed E-state index contributed by atoms with van der Waals surface area (Å²) in [7, 11) is 0. The smallest absolute Gasteiger partial charge is 0.306 e. The SMILES string of the molecule is CC/C=C\C/C=C\C/C=C\C/C=C\C/C=C\C/C=C\CCCCCCC(=O)OC(COC(=O)CCCCCCCCCC)COC(=O)CCCCCCCCCCCCCCCCC/C=C\C/C=C\CCCCCCC. The fourth-order valence-electron chi connectivity index (χ4n) is 9.01. The Labute approximate surface area is 470 Å². The summed E-state index contributed by atoms with van der Waals surface area (Å²) in [6.07, 6.45) is 85.8. The molecule has 436 valence electrons. The lowest BCUT2D eigenvalue weighted by Gasteiger charge is -2.18. The second-order valence-corrected chi connectivity index (χ2v) is 21.3. The molecule has 0 aromatic rings. The summed E-state index contributed by atoms with van der Waals surface area (Å²) < 4.78 is 16.8. The standard InChI is InChI=1S/C70H120O6/c1-4-7-10-13-16-19-21-23-25-27-29-31-33-34-35-36-38-39-41-43-45-47-49-51-54-57-60-63-69(72)75-66-67(65-74-68(71)62-59-56-53-18-15-12-9-6-3)76-70(73)64-61-58-55-52-50-48-46-44-42-40-37-32-30-28-26-24-22-20-17-14-11-8-5-2/h8,11,17,20-21,23-24,26-27,29-30,32,40,42,46,48,67H,4-7,9-10,12-16,18-19,22,25,28,31,33-39,41,43-45,47,49-66H2,1-3H3/b11-8-,20-17-,23-21-,26-24-,29-27-,32-30-,42-40-,48-46-. The molecule has 0 N–H and O–H groups in total. The van der Waals surface area contributed by atoms with Crippen molar-refractivity contribution in [3.63, 3.8) is 0 Å². The van der Waals surface area contributed by atoms with Gasteiger partial charge in [0.2, 0.25) is 0 Å². The number of unbranched alkanes of at least 4 members (excludes halogenated alkanes) is 31. The first-order chi connectivity index (χ1) is 37.5. The van der Waals surface area contributed by atoms with Gasteiger partial charge in [0.1, 0.15) is 13.2 Å². The molecule has 1 atom stereocenters. The van der Waals surface area contributed by atoms with Gasteiger partial charge in [-0.25, -0.2) is 0 Å². The number of rotatable bonds is 58. The van der Waals surface area contributed by atoms with Gasteiger partial charge in [-0.15, -0.1) is 0 Å². The van der Waals surface area contributed by atoms with E-state index in [9.17, 15) is 14.4 Å². The molecule has 0 radical (unpaired) electrons. The van der Waals surface area contributed by atoms with Crippen LogP contribution in [0.3, 0.4) is 0 Å². The molecule has 1 unspecified atom stereocenters. The third kappa shape index (κ3) is 61.2. The molecular formula is C70H120O6. The first-order valence-electron chi connectivity index (χ1n) is 32.2. The van der Waals surface area contributed by atoms with Crippen molar-refractivity contribution in [1.29, 1.82) is 0 Å². The summed E-state index contributed by atoms with van der Waals surface area (Å²) in [6, 6.07) is 0. The van der Waals surface area contributed by atoms with Crippen molar-refractivity contribution < 1.29 is 28.6 Å². The lowest BCUT2D eigenvalue weighted by Crippen LogP contribution is -2.30. The predicted octanol–water partition coefficient (Wildman–Crippen LogP) is 22.0. The molecule has 0 aliphatic carbocycles. The van der Waals surface area contributed by atoms with E-state index in [1.807, 2.05) is 0 Å². The molecule has 0 aromatic carbocycles. The van der Waals surface area contributed by atoms with Crippen LogP contribution >= 0.6 is 0 Å². The van der Waals surface area contributed by atoms with Crippen LogP contribution in [0.4, 0.5) is 0 Å². The number of allylic oxidation sites excluding steroid dienone is 16. The van der Waals surface area contributed by atoms with Crippen LogP contribution in [0.15, 0.2) is 97.2 Å². The maximum Gasteiger partial charge on any atom is 0.306 e. The third-order valence-electron chi connectivity index (χ3n) is 13.8. The Kier molecular flexibility index (Phi) is 60.8. The largest absolute Gasteiger partial charge is 0.462 e.